The number of carbonyl (C=O) groups is 4. The Labute approximate surface area is 228 Å². The number of carbonyl (C=O) groups excluding carboxylic acids is 4. The summed E-state index contributed by atoms with van der Waals surface area (Å²) in [5.74, 6) is -0.123. The van der Waals surface area contributed by atoms with E-state index in [-0.39, 0.29) is 10.1 Å². The zero-order valence-electron chi connectivity index (χ0n) is 21.3. The fraction of sp³-hybridized carbons (Fsp3) is 0.185. The summed E-state index contributed by atoms with van der Waals surface area (Å²) in [5, 5.41) is 5.40. The molecule has 0 aliphatic carbocycles. The molecule has 0 heterocycles. The van der Waals surface area contributed by atoms with Gasteiger partial charge in [0, 0.05) is 6.92 Å². The maximum atomic E-state index is 13.0. The second-order valence-corrected chi connectivity index (χ2v) is 9.48. The molecule has 0 saturated heterocycles. The number of primary amides is 1. The Morgan fingerprint density at radius 3 is 1.79 bits per heavy atom. The van der Waals surface area contributed by atoms with Gasteiger partial charge in [0.2, 0.25) is 0 Å². The minimum absolute atomic E-state index is 0.137. The number of nitrogens with one attached hydrogen (secondary N) is 2. The number of amides is 3. The Kier molecular flexibility index (Phi) is 8.80. The Morgan fingerprint density at radius 2 is 1.34 bits per heavy atom. The SMILES string of the molecule is COc1cc(C(N)=O)c(C(C)(C(=O)[AsH2])c2ccc(NC(=O)Nc3ccc(OC(C)=O)cc3)cc2)cc1OC. The van der Waals surface area contributed by atoms with Crippen molar-refractivity contribution in [3.05, 3.63) is 77.4 Å². The zero-order chi connectivity index (χ0) is 28.0. The van der Waals surface area contributed by atoms with Crippen molar-refractivity contribution in [1.29, 1.82) is 0 Å². The van der Waals surface area contributed by atoms with Gasteiger partial charge in [0.25, 0.3) is 0 Å². The third-order valence-corrected chi connectivity index (χ3v) is 7.13. The number of benzene rings is 3. The summed E-state index contributed by atoms with van der Waals surface area (Å²) in [5.41, 5.74) is 6.51. The van der Waals surface area contributed by atoms with E-state index in [9.17, 15) is 19.2 Å². The Balaban J connectivity index is 1.86. The summed E-state index contributed by atoms with van der Waals surface area (Å²) in [7, 11) is 2.90. The van der Waals surface area contributed by atoms with Crippen molar-refractivity contribution in [3.8, 4) is 17.2 Å². The van der Waals surface area contributed by atoms with Crippen LogP contribution in [0.2, 0.25) is 0 Å². The number of urea groups is 1. The van der Waals surface area contributed by atoms with Crippen molar-refractivity contribution in [2.75, 3.05) is 24.9 Å². The van der Waals surface area contributed by atoms with Crippen LogP contribution in [0.25, 0.3) is 0 Å². The van der Waals surface area contributed by atoms with E-state index in [0.29, 0.717) is 39.8 Å². The van der Waals surface area contributed by atoms with Crippen LogP contribution in [0.5, 0.6) is 17.2 Å². The number of anilines is 2. The van der Waals surface area contributed by atoms with Crippen molar-refractivity contribution in [2.45, 2.75) is 19.3 Å². The van der Waals surface area contributed by atoms with E-state index in [2.05, 4.69) is 10.6 Å². The van der Waals surface area contributed by atoms with Crippen LogP contribution >= 0.6 is 0 Å². The topological polar surface area (TPSA) is 146 Å². The van der Waals surface area contributed by atoms with E-state index in [0.717, 1.165) is 16.9 Å². The van der Waals surface area contributed by atoms with Crippen LogP contribution < -0.4 is 30.6 Å². The fourth-order valence-corrected chi connectivity index (χ4v) is 4.56. The molecule has 0 radical (unpaired) electrons. The average molecular weight is 581 g/mol. The van der Waals surface area contributed by atoms with Crippen LogP contribution in [0.4, 0.5) is 16.2 Å². The van der Waals surface area contributed by atoms with Crippen LogP contribution in [0.1, 0.15) is 35.3 Å². The third-order valence-electron chi connectivity index (χ3n) is 5.91. The van der Waals surface area contributed by atoms with Gasteiger partial charge in [-0.3, -0.25) is 4.79 Å². The molecule has 3 aromatic rings. The number of rotatable bonds is 9. The van der Waals surface area contributed by atoms with Gasteiger partial charge < -0.3 is 4.74 Å². The monoisotopic (exact) mass is 581 g/mol. The van der Waals surface area contributed by atoms with E-state index in [1.807, 2.05) is 0 Å². The summed E-state index contributed by atoms with van der Waals surface area (Å²) in [6.45, 7) is 3.01. The number of nitrogens with two attached hydrogens (primary N) is 1. The van der Waals surface area contributed by atoms with Crippen molar-refractivity contribution >= 4 is 50.7 Å². The summed E-state index contributed by atoms with van der Waals surface area (Å²) in [4.78, 5) is 48.9. The molecule has 0 aliphatic heterocycles. The van der Waals surface area contributed by atoms with E-state index in [1.165, 1.54) is 27.2 Å². The van der Waals surface area contributed by atoms with E-state index < -0.39 is 23.3 Å². The van der Waals surface area contributed by atoms with Gasteiger partial charge >= 0.3 is 206 Å². The van der Waals surface area contributed by atoms with Gasteiger partial charge in [0.1, 0.15) is 5.75 Å². The molecule has 4 N–H and O–H groups in total. The molecule has 11 heteroatoms. The average Bonchev–Trinajstić information content (AvgIpc) is 2.88. The standard InChI is InChI=1S/C27H28AsN3O7/c1-15(32)38-19-11-9-18(10-12-19)31-26(35)30-17-7-5-16(6-8-17)27(2,25(28)34)21-14-23(37-4)22(36-3)13-20(21)24(29)33/h5-14H,28H2,1-4H3,(H2,29,33)(H2,30,31,35). The summed E-state index contributed by atoms with van der Waals surface area (Å²) < 4.78 is 15.5. The predicted molar refractivity (Wildman–Crippen MR) is 145 cm³/mol. The molecule has 10 nitrogen and oxygen atoms in total. The van der Waals surface area contributed by atoms with Crippen molar-refractivity contribution in [1.82, 2.24) is 0 Å². The maximum absolute atomic E-state index is 13.0. The van der Waals surface area contributed by atoms with Crippen LogP contribution in [-0.2, 0) is 15.0 Å². The van der Waals surface area contributed by atoms with Crippen LogP contribution in [0.3, 0.4) is 0 Å². The van der Waals surface area contributed by atoms with Crippen LogP contribution in [-0.4, -0.2) is 53.6 Å². The van der Waals surface area contributed by atoms with E-state index in [4.69, 9.17) is 19.9 Å². The molecule has 2 unspecified atom stereocenters. The van der Waals surface area contributed by atoms with Gasteiger partial charge in [-0.25, -0.2) is 0 Å². The Morgan fingerprint density at radius 1 is 0.842 bits per heavy atom. The van der Waals surface area contributed by atoms with Gasteiger partial charge in [-0.15, -0.1) is 0 Å². The molecule has 2 atom stereocenters. The first kappa shape index (κ1) is 28.3. The van der Waals surface area contributed by atoms with Crippen LogP contribution in [0.15, 0.2) is 60.7 Å². The molecule has 3 rings (SSSR count). The molecular weight excluding hydrogens is 553 g/mol. The number of methoxy groups -OCH3 is 2. The number of esters is 1. The normalized spacial score (nSPS) is 12.0. The van der Waals surface area contributed by atoms with Gasteiger partial charge in [0.05, 0.1) is 0 Å². The molecule has 38 heavy (non-hydrogen) atoms. The van der Waals surface area contributed by atoms with Crippen molar-refractivity contribution in [3.63, 3.8) is 0 Å². The number of hydrogen-bond donors (Lipinski definition) is 3. The Bertz CT molecular complexity index is 1370. The first-order valence-corrected chi connectivity index (χ1v) is 12.5. The molecular formula is C27H28AsN3O7. The number of hydrogen-bond acceptors (Lipinski definition) is 7. The van der Waals surface area contributed by atoms with Crippen molar-refractivity contribution in [2.24, 2.45) is 5.73 Å². The third kappa shape index (κ3) is 6.15. The molecule has 0 aromatic heterocycles. The molecule has 198 valence electrons. The second kappa shape index (κ2) is 11.8. The van der Waals surface area contributed by atoms with Gasteiger partial charge in [-0.1, -0.05) is 0 Å². The molecule has 0 aliphatic rings. The van der Waals surface area contributed by atoms with Gasteiger partial charge in [0.15, 0.2) is 0 Å². The number of ether oxygens (including phenoxy) is 3. The van der Waals surface area contributed by atoms with E-state index >= 15 is 0 Å². The molecule has 0 fully saturated rings. The summed E-state index contributed by atoms with van der Waals surface area (Å²) >= 11 is 0.873. The van der Waals surface area contributed by atoms with Gasteiger partial charge in [-0.05, 0) is 0 Å². The quantitative estimate of drug-likeness (QED) is 0.200. The molecule has 3 amide bonds. The summed E-state index contributed by atoms with van der Waals surface area (Å²) in [6.07, 6.45) is 0. The second-order valence-electron chi connectivity index (χ2n) is 8.38. The minimum atomic E-state index is -1.23. The molecule has 0 saturated carbocycles. The van der Waals surface area contributed by atoms with Gasteiger partial charge in [-0.2, -0.15) is 0 Å². The summed E-state index contributed by atoms with van der Waals surface area (Å²) in [6, 6.07) is 15.6. The predicted octanol–water partition coefficient (Wildman–Crippen LogP) is 2.84. The molecule has 0 bridgehead atoms. The molecule has 3 aromatic carbocycles. The first-order chi connectivity index (χ1) is 18.0. The zero-order valence-corrected chi connectivity index (χ0v) is 23.7. The van der Waals surface area contributed by atoms with E-state index in [1.54, 1.807) is 61.5 Å². The molecule has 0 spiro atoms. The fourth-order valence-electron chi connectivity index (χ4n) is 3.88. The van der Waals surface area contributed by atoms with Crippen molar-refractivity contribution < 1.29 is 33.4 Å². The first-order valence-electron chi connectivity index (χ1n) is 11.3. The van der Waals surface area contributed by atoms with Crippen LogP contribution in [0, 0.1) is 0 Å². The Hall–Kier alpha value is -4.30.